The second-order valence-electron chi connectivity index (χ2n) is 3.45. The van der Waals surface area contributed by atoms with E-state index in [1.165, 1.54) is 0 Å². The maximum Gasteiger partial charge on any atom is 0.310 e. The van der Waals surface area contributed by atoms with Crippen LogP contribution in [-0.2, 0) is 9.53 Å². The molecule has 1 rings (SSSR count). The molecule has 3 nitrogen and oxygen atoms in total. The Morgan fingerprint density at radius 3 is 2.92 bits per heavy atom. The average molecular weight is 167 g/mol. The molecule has 12 heavy (non-hydrogen) atoms. The molecular formula is C9H13NO2. The molecule has 0 aromatic carbocycles. The highest BCUT2D eigenvalue weighted by molar-refractivity contribution is 5.77. The van der Waals surface area contributed by atoms with E-state index in [2.05, 4.69) is 6.07 Å². The fourth-order valence-electron chi connectivity index (χ4n) is 1.14. The lowest BCUT2D eigenvalue weighted by Gasteiger charge is -2.02. The topological polar surface area (TPSA) is 50.1 Å². The Morgan fingerprint density at radius 2 is 2.50 bits per heavy atom. The Bertz CT molecular complexity index is 231. The second kappa shape index (κ2) is 3.14. The fraction of sp³-hybridized carbons (Fsp3) is 0.778. The quantitative estimate of drug-likeness (QED) is 0.598. The molecule has 0 aromatic heterocycles. The van der Waals surface area contributed by atoms with Crippen molar-refractivity contribution in [2.75, 3.05) is 6.61 Å². The first-order valence-corrected chi connectivity index (χ1v) is 4.22. The third kappa shape index (κ3) is 1.58. The number of nitriles is 1. The van der Waals surface area contributed by atoms with Crippen molar-refractivity contribution in [1.82, 2.24) is 0 Å². The zero-order valence-electron chi connectivity index (χ0n) is 7.46. The van der Waals surface area contributed by atoms with Gasteiger partial charge in [0, 0.05) is 0 Å². The van der Waals surface area contributed by atoms with Crippen LogP contribution in [0.15, 0.2) is 0 Å². The van der Waals surface area contributed by atoms with Crippen LogP contribution in [-0.4, -0.2) is 12.6 Å². The standard InChI is InChI=1S/C9H13NO2/c1-3-4-12-8(11)7-5-9(7,2)6-10/h7H,3-5H2,1-2H3. The molecule has 0 spiro atoms. The van der Waals surface area contributed by atoms with Gasteiger partial charge in [-0.15, -0.1) is 0 Å². The molecule has 0 saturated heterocycles. The first kappa shape index (κ1) is 9.05. The van der Waals surface area contributed by atoms with Crippen LogP contribution in [0.2, 0.25) is 0 Å². The van der Waals surface area contributed by atoms with E-state index >= 15 is 0 Å². The Hall–Kier alpha value is -1.04. The normalized spacial score (nSPS) is 32.2. The predicted molar refractivity (Wildman–Crippen MR) is 43.1 cm³/mol. The van der Waals surface area contributed by atoms with Gasteiger partial charge in [-0.2, -0.15) is 5.26 Å². The van der Waals surface area contributed by atoms with Gasteiger partial charge in [-0.1, -0.05) is 6.92 Å². The summed E-state index contributed by atoms with van der Waals surface area (Å²) >= 11 is 0. The molecule has 0 heterocycles. The SMILES string of the molecule is CCCOC(=O)C1CC1(C)C#N. The Kier molecular flexibility index (Phi) is 2.37. The molecule has 2 unspecified atom stereocenters. The lowest BCUT2D eigenvalue weighted by Crippen LogP contribution is -2.11. The molecule has 0 aliphatic heterocycles. The van der Waals surface area contributed by atoms with Crippen molar-refractivity contribution < 1.29 is 9.53 Å². The summed E-state index contributed by atoms with van der Waals surface area (Å²) in [4.78, 5) is 11.2. The molecule has 2 atom stereocenters. The molecule has 1 aliphatic carbocycles. The van der Waals surface area contributed by atoms with E-state index in [0.29, 0.717) is 13.0 Å². The van der Waals surface area contributed by atoms with Crippen molar-refractivity contribution in [1.29, 1.82) is 5.26 Å². The van der Waals surface area contributed by atoms with E-state index in [1.807, 2.05) is 6.92 Å². The van der Waals surface area contributed by atoms with Crippen LogP contribution in [0.5, 0.6) is 0 Å². The number of ether oxygens (including phenoxy) is 1. The number of hydrogen-bond acceptors (Lipinski definition) is 3. The van der Waals surface area contributed by atoms with Gasteiger partial charge < -0.3 is 4.74 Å². The van der Waals surface area contributed by atoms with Gasteiger partial charge in [0.2, 0.25) is 0 Å². The number of hydrogen-bond donors (Lipinski definition) is 0. The van der Waals surface area contributed by atoms with Gasteiger partial charge in [0.25, 0.3) is 0 Å². The van der Waals surface area contributed by atoms with Crippen molar-refractivity contribution >= 4 is 5.97 Å². The van der Waals surface area contributed by atoms with Gasteiger partial charge >= 0.3 is 5.97 Å². The van der Waals surface area contributed by atoms with Crippen LogP contribution < -0.4 is 0 Å². The van der Waals surface area contributed by atoms with E-state index in [1.54, 1.807) is 6.92 Å². The Morgan fingerprint density at radius 1 is 1.83 bits per heavy atom. The average Bonchev–Trinajstić information content (AvgIpc) is 2.75. The minimum absolute atomic E-state index is 0.172. The van der Waals surface area contributed by atoms with Gasteiger partial charge in [-0.25, -0.2) is 0 Å². The van der Waals surface area contributed by atoms with Crippen LogP contribution in [0.3, 0.4) is 0 Å². The molecule has 66 valence electrons. The van der Waals surface area contributed by atoms with Gasteiger partial charge in [-0.3, -0.25) is 4.79 Å². The van der Waals surface area contributed by atoms with E-state index in [0.717, 1.165) is 6.42 Å². The number of nitrogens with zero attached hydrogens (tertiary/aromatic N) is 1. The predicted octanol–water partition coefficient (Wildman–Crippen LogP) is 1.49. The maximum atomic E-state index is 11.2. The summed E-state index contributed by atoms with van der Waals surface area (Å²) in [5.41, 5.74) is -0.440. The van der Waals surface area contributed by atoms with Crippen LogP contribution >= 0.6 is 0 Å². The summed E-state index contributed by atoms with van der Waals surface area (Å²) in [6, 6.07) is 2.12. The Labute approximate surface area is 72.3 Å². The summed E-state index contributed by atoms with van der Waals surface area (Å²) in [6.07, 6.45) is 1.49. The van der Waals surface area contributed by atoms with Crippen LogP contribution in [0.25, 0.3) is 0 Å². The van der Waals surface area contributed by atoms with Crippen LogP contribution in [0, 0.1) is 22.7 Å². The monoisotopic (exact) mass is 167 g/mol. The van der Waals surface area contributed by atoms with E-state index in [-0.39, 0.29) is 11.9 Å². The van der Waals surface area contributed by atoms with Crippen LogP contribution in [0.4, 0.5) is 0 Å². The minimum atomic E-state index is -0.440. The third-order valence-electron chi connectivity index (χ3n) is 2.23. The second-order valence-corrected chi connectivity index (χ2v) is 3.45. The molecular weight excluding hydrogens is 154 g/mol. The summed E-state index contributed by atoms with van der Waals surface area (Å²) in [5.74, 6) is -0.380. The number of carbonyl (C=O) groups excluding carboxylic acids is 1. The molecule has 1 fully saturated rings. The highest BCUT2D eigenvalue weighted by Crippen LogP contribution is 2.52. The van der Waals surface area contributed by atoms with E-state index < -0.39 is 5.41 Å². The highest BCUT2D eigenvalue weighted by atomic mass is 16.5. The summed E-state index contributed by atoms with van der Waals surface area (Å²) in [7, 11) is 0. The number of rotatable bonds is 3. The van der Waals surface area contributed by atoms with Crippen molar-refractivity contribution in [3.05, 3.63) is 0 Å². The summed E-state index contributed by atoms with van der Waals surface area (Å²) in [5, 5.41) is 8.65. The van der Waals surface area contributed by atoms with E-state index in [9.17, 15) is 4.79 Å². The van der Waals surface area contributed by atoms with Crippen molar-refractivity contribution in [2.45, 2.75) is 26.7 Å². The smallest absolute Gasteiger partial charge is 0.310 e. The zero-order valence-corrected chi connectivity index (χ0v) is 7.46. The molecule has 0 amide bonds. The number of carbonyl (C=O) groups is 1. The first-order chi connectivity index (χ1) is 5.64. The lowest BCUT2D eigenvalue weighted by molar-refractivity contribution is -0.145. The Balaban J connectivity index is 2.34. The van der Waals surface area contributed by atoms with Gasteiger partial charge in [-0.05, 0) is 19.8 Å². The molecule has 1 saturated carbocycles. The van der Waals surface area contributed by atoms with Gasteiger partial charge in [0.05, 0.1) is 24.0 Å². The van der Waals surface area contributed by atoms with Crippen molar-refractivity contribution in [2.24, 2.45) is 11.3 Å². The molecule has 0 radical (unpaired) electrons. The third-order valence-corrected chi connectivity index (χ3v) is 2.23. The van der Waals surface area contributed by atoms with Crippen molar-refractivity contribution in [3.8, 4) is 6.07 Å². The summed E-state index contributed by atoms with van der Waals surface area (Å²) < 4.78 is 4.92. The van der Waals surface area contributed by atoms with Gasteiger partial charge in [0.1, 0.15) is 0 Å². The fourth-order valence-corrected chi connectivity index (χ4v) is 1.14. The molecule has 0 N–H and O–H groups in total. The zero-order chi connectivity index (χ0) is 9.19. The van der Waals surface area contributed by atoms with Crippen molar-refractivity contribution in [3.63, 3.8) is 0 Å². The highest BCUT2D eigenvalue weighted by Gasteiger charge is 2.56. The molecule has 3 heteroatoms. The van der Waals surface area contributed by atoms with Crippen LogP contribution in [0.1, 0.15) is 26.7 Å². The number of esters is 1. The first-order valence-electron chi connectivity index (χ1n) is 4.22. The summed E-state index contributed by atoms with van der Waals surface area (Å²) in [6.45, 7) is 4.21. The molecule has 0 bridgehead atoms. The van der Waals surface area contributed by atoms with E-state index in [4.69, 9.17) is 10.00 Å². The van der Waals surface area contributed by atoms with Gasteiger partial charge in [0.15, 0.2) is 0 Å². The minimum Gasteiger partial charge on any atom is -0.465 e. The molecule has 0 aromatic rings. The maximum absolute atomic E-state index is 11.2. The lowest BCUT2D eigenvalue weighted by atomic mass is 10.1. The molecule has 1 aliphatic rings. The largest absolute Gasteiger partial charge is 0.465 e.